The average Bonchev–Trinajstić information content (AvgIpc) is 2.41. The van der Waals surface area contributed by atoms with E-state index >= 15 is 0 Å². The van der Waals surface area contributed by atoms with E-state index in [0.717, 1.165) is 12.1 Å². The molecule has 0 spiro atoms. The molecule has 0 aliphatic carbocycles. The van der Waals surface area contributed by atoms with Crippen molar-refractivity contribution < 1.29 is 22.3 Å². The fourth-order valence-corrected chi connectivity index (χ4v) is 1.58. The maximum Gasteiger partial charge on any atom is 0.433 e. The van der Waals surface area contributed by atoms with Crippen LogP contribution in [0.25, 0.3) is 0 Å². The zero-order valence-corrected chi connectivity index (χ0v) is 12.1. The minimum atomic E-state index is -4.63. The maximum absolute atomic E-state index is 13.4. The Hall–Kier alpha value is -2.38. The third-order valence-corrected chi connectivity index (χ3v) is 2.79. The summed E-state index contributed by atoms with van der Waals surface area (Å²) in [4.78, 5) is 8.58. The van der Waals surface area contributed by atoms with Crippen LogP contribution in [0.1, 0.15) is 11.3 Å². The van der Waals surface area contributed by atoms with Crippen LogP contribution in [0.15, 0.2) is 24.3 Å². The molecule has 0 atom stereocenters. The third-order valence-electron chi connectivity index (χ3n) is 2.79. The van der Waals surface area contributed by atoms with Gasteiger partial charge in [0, 0.05) is 26.2 Å². The number of nitrogens with zero attached hydrogens (tertiary/aromatic N) is 3. The highest BCUT2D eigenvalue weighted by Crippen LogP contribution is 2.31. The first-order valence-electron chi connectivity index (χ1n) is 6.24. The number of ether oxygens (including phenoxy) is 1. The van der Waals surface area contributed by atoms with Crippen LogP contribution in [0.2, 0.25) is 0 Å². The Bertz CT molecular complexity index is 686. The van der Waals surface area contributed by atoms with Gasteiger partial charge in [0.25, 0.3) is 0 Å². The van der Waals surface area contributed by atoms with E-state index in [0.29, 0.717) is 5.56 Å². The molecule has 118 valence electrons. The highest BCUT2D eigenvalue weighted by molar-refractivity contribution is 5.40. The number of aryl methyl sites for hydroxylation is 1. The number of benzene rings is 1. The minimum absolute atomic E-state index is 0.0205. The van der Waals surface area contributed by atoms with Gasteiger partial charge in [0.1, 0.15) is 17.4 Å². The van der Waals surface area contributed by atoms with Crippen LogP contribution in [0.5, 0.6) is 11.8 Å². The van der Waals surface area contributed by atoms with Crippen molar-refractivity contribution in [2.45, 2.75) is 13.1 Å². The lowest BCUT2D eigenvalue weighted by atomic mass is 10.2. The molecule has 0 N–H and O–H groups in total. The van der Waals surface area contributed by atoms with Gasteiger partial charge in [-0.2, -0.15) is 23.1 Å². The van der Waals surface area contributed by atoms with Crippen molar-refractivity contribution in [1.29, 1.82) is 0 Å². The molecular weight excluding hydrogens is 302 g/mol. The second kappa shape index (κ2) is 5.78. The van der Waals surface area contributed by atoms with Gasteiger partial charge in [0.05, 0.1) is 0 Å². The topological polar surface area (TPSA) is 38.2 Å². The van der Waals surface area contributed by atoms with Crippen LogP contribution in [0.3, 0.4) is 0 Å². The van der Waals surface area contributed by atoms with Crippen LogP contribution in [0, 0.1) is 12.7 Å². The van der Waals surface area contributed by atoms with E-state index < -0.39 is 23.7 Å². The molecule has 0 unspecified atom stereocenters. The third kappa shape index (κ3) is 3.63. The number of hydrogen-bond acceptors (Lipinski definition) is 4. The van der Waals surface area contributed by atoms with E-state index in [1.54, 1.807) is 6.92 Å². The lowest BCUT2D eigenvalue weighted by Gasteiger charge is -2.15. The van der Waals surface area contributed by atoms with Gasteiger partial charge in [-0.15, -0.1) is 0 Å². The van der Waals surface area contributed by atoms with E-state index in [1.165, 1.54) is 31.1 Å². The van der Waals surface area contributed by atoms with Gasteiger partial charge in [0.2, 0.25) is 0 Å². The van der Waals surface area contributed by atoms with Crippen molar-refractivity contribution in [1.82, 2.24) is 9.97 Å². The smallest absolute Gasteiger partial charge is 0.424 e. The zero-order chi connectivity index (χ0) is 16.5. The van der Waals surface area contributed by atoms with Gasteiger partial charge in [-0.1, -0.05) is 6.07 Å². The average molecular weight is 315 g/mol. The fraction of sp³-hybridized carbons (Fsp3) is 0.286. The Morgan fingerprint density at radius 2 is 1.77 bits per heavy atom. The van der Waals surface area contributed by atoms with E-state index in [4.69, 9.17) is 4.74 Å². The quantitative estimate of drug-likeness (QED) is 0.808. The molecule has 4 nitrogen and oxygen atoms in total. The van der Waals surface area contributed by atoms with Gasteiger partial charge < -0.3 is 9.64 Å². The Labute approximate surface area is 124 Å². The largest absolute Gasteiger partial charge is 0.433 e. The van der Waals surface area contributed by atoms with Crippen LogP contribution >= 0.6 is 0 Å². The Kier molecular flexibility index (Phi) is 4.20. The molecule has 2 rings (SSSR count). The van der Waals surface area contributed by atoms with Gasteiger partial charge >= 0.3 is 12.2 Å². The van der Waals surface area contributed by atoms with Crippen molar-refractivity contribution in [3.05, 3.63) is 41.3 Å². The summed E-state index contributed by atoms with van der Waals surface area (Å²) in [6.07, 6.45) is -4.63. The monoisotopic (exact) mass is 315 g/mol. The van der Waals surface area contributed by atoms with Crippen LogP contribution < -0.4 is 9.64 Å². The molecule has 0 aliphatic rings. The van der Waals surface area contributed by atoms with Gasteiger partial charge in [-0.05, 0) is 18.6 Å². The predicted octanol–water partition coefficient (Wildman–Crippen LogP) is 3.80. The molecule has 1 heterocycles. The first-order chi connectivity index (χ1) is 10.2. The van der Waals surface area contributed by atoms with Crippen molar-refractivity contribution in [3.8, 4) is 11.8 Å². The van der Waals surface area contributed by atoms with Crippen molar-refractivity contribution >= 4 is 5.82 Å². The van der Waals surface area contributed by atoms with E-state index in [-0.39, 0.29) is 11.6 Å². The molecule has 0 fully saturated rings. The summed E-state index contributed by atoms with van der Waals surface area (Å²) in [5.41, 5.74) is -0.736. The predicted molar refractivity (Wildman–Crippen MR) is 72.6 cm³/mol. The number of anilines is 1. The van der Waals surface area contributed by atoms with Crippen LogP contribution in [-0.2, 0) is 6.18 Å². The number of halogens is 4. The molecular formula is C14H13F4N3O. The highest BCUT2D eigenvalue weighted by atomic mass is 19.4. The summed E-state index contributed by atoms with van der Waals surface area (Å²) in [6, 6.07) is 4.25. The van der Waals surface area contributed by atoms with Crippen molar-refractivity contribution in [2.75, 3.05) is 19.0 Å². The van der Waals surface area contributed by atoms with Crippen LogP contribution in [0.4, 0.5) is 23.4 Å². The van der Waals surface area contributed by atoms with E-state index in [1.807, 2.05) is 0 Å². The summed E-state index contributed by atoms with van der Waals surface area (Å²) >= 11 is 0. The SMILES string of the molecule is Cc1ccc(Oc2nc(N(C)C)cc(C(F)(F)F)n2)cc1F. The number of rotatable bonds is 3. The molecule has 0 aliphatic heterocycles. The molecule has 0 amide bonds. The van der Waals surface area contributed by atoms with Crippen molar-refractivity contribution in [3.63, 3.8) is 0 Å². The van der Waals surface area contributed by atoms with E-state index in [9.17, 15) is 17.6 Å². The standard InChI is InChI=1S/C14H13F4N3O/c1-8-4-5-9(6-10(8)15)22-13-19-11(14(16,17)18)7-12(20-13)21(2)3/h4-7H,1-3H3. The number of alkyl halides is 3. The minimum Gasteiger partial charge on any atom is -0.424 e. The first kappa shape index (κ1) is 16.0. The first-order valence-corrected chi connectivity index (χ1v) is 6.24. The zero-order valence-electron chi connectivity index (χ0n) is 12.1. The van der Waals surface area contributed by atoms with Gasteiger partial charge in [-0.3, -0.25) is 0 Å². The molecule has 2 aromatic rings. The maximum atomic E-state index is 13.4. The highest BCUT2D eigenvalue weighted by Gasteiger charge is 2.34. The Morgan fingerprint density at radius 1 is 1.09 bits per heavy atom. The van der Waals surface area contributed by atoms with Gasteiger partial charge in [0.15, 0.2) is 5.69 Å². The summed E-state index contributed by atoms with van der Waals surface area (Å²) in [6.45, 7) is 1.56. The van der Waals surface area contributed by atoms with Crippen LogP contribution in [-0.4, -0.2) is 24.1 Å². The van der Waals surface area contributed by atoms with Crippen molar-refractivity contribution in [2.24, 2.45) is 0 Å². The molecule has 0 saturated heterocycles. The molecule has 1 aromatic heterocycles. The Balaban J connectivity index is 2.41. The number of aromatic nitrogens is 2. The molecule has 0 saturated carbocycles. The molecule has 0 bridgehead atoms. The Morgan fingerprint density at radius 3 is 2.32 bits per heavy atom. The second-order valence-electron chi connectivity index (χ2n) is 4.80. The lowest BCUT2D eigenvalue weighted by Crippen LogP contribution is -2.16. The normalized spacial score (nSPS) is 11.4. The summed E-state index contributed by atoms with van der Waals surface area (Å²) in [5, 5.41) is 0. The summed E-state index contributed by atoms with van der Waals surface area (Å²) in [7, 11) is 3.08. The molecule has 0 radical (unpaired) electrons. The second-order valence-corrected chi connectivity index (χ2v) is 4.80. The van der Waals surface area contributed by atoms with Gasteiger partial charge in [-0.25, -0.2) is 4.39 Å². The van der Waals surface area contributed by atoms with E-state index in [2.05, 4.69) is 9.97 Å². The molecule has 1 aromatic carbocycles. The summed E-state index contributed by atoms with van der Waals surface area (Å²) < 4.78 is 57.1. The summed E-state index contributed by atoms with van der Waals surface area (Å²) in [5.74, 6) is -0.477. The number of hydrogen-bond donors (Lipinski definition) is 0. The fourth-order valence-electron chi connectivity index (χ4n) is 1.58. The molecule has 8 heteroatoms. The lowest BCUT2D eigenvalue weighted by molar-refractivity contribution is -0.141. The molecule has 22 heavy (non-hydrogen) atoms.